The van der Waals surface area contributed by atoms with Gasteiger partial charge in [-0.15, -0.1) is 0 Å². The van der Waals surface area contributed by atoms with Crippen LogP contribution in [0.15, 0.2) is 42.6 Å². The summed E-state index contributed by atoms with van der Waals surface area (Å²) in [5, 5.41) is 2.35. The molecule has 2 aromatic rings. The number of nitrogens with one attached hydrogen (secondary N) is 1. The normalized spacial score (nSPS) is 27.5. The summed E-state index contributed by atoms with van der Waals surface area (Å²) in [6.07, 6.45) is 5.91. The molecular weight excluding hydrogens is 432 g/mol. The van der Waals surface area contributed by atoms with E-state index in [0.717, 1.165) is 49.4 Å². The molecule has 8 heteroatoms. The predicted molar refractivity (Wildman–Crippen MR) is 123 cm³/mol. The number of aromatic nitrogens is 1. The Bertz CT molecular complexity index is 1130. The standard InChI is InChI=1S/C26H28N4O4/c31-24-10-9-22(25(32)28-24)30-15-16-12-18(7-8-19(16)26(30)33)34-23-6-3-5-21(23)29-13-17(14-29)20-4-1-2-11-27-20/h1-2,4,7-8,11-12,17,21-23H,3,5-6,9-10,13-15H2,(H,28,31,32)/t21-,22?,23-/m1/s1. The number of hydrogen-bond donors (Lipinski definition) is 1. The van der Waals surface area contributed by atoms with Crippen LogP contribution in [-0.2, 0) is 16.1 Å². The molecule has 34 heavy (non-hydrogen) atoms. The molecule has 4 aliphatic rings. The highest BCUT2D eigenvalue weighted by molar-refractivity contribution is 6.05. The number of carbonyl (C=O) groups excluding carboxylic acids is 3. The number of fused-ring (bicyclic) bond motifs is 1. The molecule has 1 N–H and O–H groups in total. The van der Waals surface area contributed by atoms with Gasteiger partial charge in [0.15, 0.2) is 0 Å². The van der Waals surface area contributed by atoms with E-state index in [4.69, 9.17) is 4.74 Å². The highest BCUT2D eigenvalue weighted by Crippen LogP contribution is 2.37. The van der Waals surface area contributed by atoms with E-state index in [9.17, 15) is 14.4 Å². The predicted octanol–water partition coefficient (Wildman–Crippen LogP) is 2.24. The Morgan fingerprint density at radius 3 is 2.71 bits per heavy atom. The van der Waals surface area contributed by atoms with Gasteiger partial charge in [-0.05, 0) is 61.6 Å². The molecule has 6 rings (SSSR count). The third kappa shape index (κ3) is 3.76. The molecule has 2 saturated heterocycles. The van der Waals surface area contributed by atoms with Crippen molar-refractivity contribution in [3.8, 4) is 5.75 Å². The van der Waals surface area contributed by atoms with E-state index in [1.807, 2.05) is 36.5 Å². The van der Waals surface area contributed by atoms with Crippen molar-refractivity contribution < 1.29 is 19.1 Å². The molecule has 3 amide bonds. The first-order valence-corrected chi connectivity index (χ1v) is 12.2. The van der Waals surface area contributed by atoms with E-state index in [0.29, 0.717) is 30.5 Å². The summed E-state index contributed by atoms with van der Waals surface area (Å²) in [6.45, 7) is 2.39. The van der Waals surface area contributed by atoms with Gasteiger partial charge in [0, 0.05) is 55.5 Å². The van der Waals surface area contributed by atoms with Crippen molar-refractivity contribution in [2.45, 2.75) is 62.8 Å². The Balaban J connectivity index is 1.11. The van der Waals surface area contributed by atoms with Crippen LogP contribution in [0.1, 0.15) is 59.6 Å². The molecule has 3 aliphatic heterocycles. The zero-order chi connectivity index (χ0) is 23.2. The number of amides is 3. The van der Waals surface area contributed by atoms with Gasteiger partial charge < -0.3 is 9.64 Å². The molecule has 3 fully saturated rings. The average Bonchev–Trinajstić information content (AvgIpc) is 3.38. The minimum absolute atomic E-state index is 0.131. The number of hydrogen-bond acceptors (Lipinski definition) is 6. The highest BCUT2D eigenvalue weighted by atomic mass is 16.5. The van der Waals surface area contributed by atoms with Crippen LogP contribution in [0.4, 0.5) is 0 Å². The summed E-state index contributed by atoms with van der Waals surface area (Å²) >= 11 is 0. The first kappa shape index (κ1) is 21.3. The van der Waals surface area contributed by atoms with Gasteiger partial charge in [-0.25, -0.2) is 0 Å². The zero-order valence-electron chi connectivity index (χ0n) is 19.0. The fourth-order valence-electron chi connectivity index (χ4n) is 5.85. The Morgan fingerprint density at radius 2 is 1.91 bits per heavy atom. The Labute approximate surface area is 198 Å². The van der Waals surface area contributed by atoms with Crippen molar-refractivity contribution in [1.29, 1.82) is 0 Å². The topological polar surface area (TPSA) is 91.8 Å². The molecule has 176 valence electrons. The number of ether oxygens (including phenoxy) is 1. The van der Waals surface area contributed by atoms with Crippen LogP contribution in [0.2, 0.25) is 0 Å². The van der Waals surface area contributed by atoms with Gasteiger partial charge in [-0.2, -0.15) is 0 Å². The summed E-state index contributed by atoms with van der Waals surface area (Å²) in [7, 11) is 0. The van der Waals surface area contributed by atoms with Gasteiger partial charge in [0.05, 0.1) is 0 Å². The van der Waals surface area contributed by atoms with Crippen molar-refractivity contribution in [3.05, 3.63) is 59.4 Å². The monoisotopic (exact) mass is 460 g/mol. The minimum atomic E-state index is -0.598. The molecule has 1 aliphatic carbocycles. The van der Waals surface area contributed by atoms with Crippen molar-refractivity contribution in [2.75, 3.05) is 13.1 Å². The molecule has 3 atom stereocenters. The summed E-state index contributed by atoms with van der Waals surface area (Å²) < 4.78 is 6.45. The number of piperidine rings is 1. The molecule has 1 aromatic heterocycles. The van der Waals surface area contributed by atoms with Crippen molar-refractivity contribution in [1.82, 2.24) is 20.1 Å². The Morgan fingerprint density at radius 1 is 1.03 bits per heavy atom. The summed E-state index contributed by atoms with van der Waals surface area (Å²) in [6, 6.07) is 11.5. The number of benzene rings is 1. The van der Waals surface area contributed by atoms with Crippen LogP contribution in [0.5, 0.6) is 5.75 Å². The lowest BCUT2D eigenvalue weighted by atomic mass is 9.93. The lowest BCUT2D eigenvalue weighted by Gasteiger charge is -2.44. The maximum absolute atomic E-state index is 12.9. The average molecular weight is 461 g/mol. The second kappa shape index (κ2) is 8.51. The molecular formula is C26H28N4O4. The molecule has 1 unspecified atom stereocenters. The summed E-state index contributed by atoms with van der Waals surface area (Å²) in [5.74, 6) is 0.444. The molecule has 1 aromatic carbocycles. The fourth-order valence-corrected chi connectivity index (χ4v) is 5.85. The zero-order valence-corrected chi connectivity index (χ0v) is 19.0. The quantitative estimate of drug-likeness (QED) is 0.688. The van der Waals surface area contributed by atoms with Gasteiger partial charge in [-0.3, -0.25) is 29.6 Å². The molecule has 0 radical (unpaired) electrons. The molecule has 0 spiro atoms. The van der Waals surface area contributed by atoms with E-state index in [-0.39, 0.29) is 30.2 Å². The van der Waals surface area contributed by atoms with E-state index in [1.165, 1.54) is 0 Å². The van der Waals surface area contributed by atoms with E-state index in [2.05, 4.69) is 21.3 Å². The first-order chi connectivity index (χ1) is 16.6. The van der Waals surface area contributed by atoms with Gasteiger partial charge >= 0.3 is 0 Å². The largest absolute Gasteiger partial charge is 0.489 e. The lowest BCUT2D eigenvalue weighted by Crippen LogP contribution is -2.54. The number of rotatable bonds is 5. The number of pyridine rings is 1. The number of nitrogens with zero attached hydrogens (tertiary/aromatic N) is 3. The Kier molecular flexibility index (Phi) is 5.32. The number of likely N-dealkylation sites (tertiary alicyclic amines) is 1. The van der Waals surface area contributed by atoms with E-state index in [1.54, 1.807) is 4.90 Å². The second-order valence-corrected chi connectivity index (χ2v) is 9.78. The third-order valence-corrected chi connectivity index (χ3v) is 7.68. The van der Waals surface area contributed by atoms with Gasteiger partial charge in [0.1, 0.15) is 17.9 Å². The van der Waals surface area contributed by atoms with Gasteiger partial charge in [-0.1, -0.05) is 6.07 Å². The van der Waals surface area contributed by atoms with Crippen LogP contribution in [0.25, 0.3) is 0 Å². The van der Waals surface area contributed by atoms with E-state index >= 15 is 0 Å². The van der Waals surface area contributed by atoms with Crippen molar-refractivity contribution >= 4 is 17.7 Å². The van der Waals surface area contributed by atoms with Crippen LogP contribution >= 0.6 is 0 Å². The van der Waals surface area contributed by atoms with Gasteiger partial charge in [0.2, 0.25) is 11.8 Å². The van der Waals surface area contributed by atoms with Gasteiger partial charge in [0.25, 0.3) is 5.91 Å². The SMILES string of the molecule is O=C1CCC(N2Cc3cc(O[C@@H]4CCC[C@H]4N4CC(c5ccccn5)C4)ccc3C2=O)C(=O)N1. The van der Waals surface area contributed by atoms with Crippen LogP contribution in [0.3, 0.4) is 0 Å². The van der Waals surface area contributed by atoms with Crippen LogP contribution in [-0.4, -0.2) is 63.8 Å². The van der Waals surface area contributed by atoms with Crippen molar-refractivity contribution in [2.24, 2.45) is 0 Å². The van der Waals surface area contributed by atoms with E-state index < -0.39 is 6.04 Å². The molecule has 4 heterocycles. The highest BCUT2D eigenvalue weighted by Gasteiger charge is 2.42. The van der Waals surface area contributed by atoms with Crippen LogP contribution < -0.4 is 10.1 Å². The third-order valence-electron chi connectivity index (χ3n) is 7.68. The van der Waals surface area contributed by atoms with Crippen LogP contribution in [0, 0.1) is 0 Å². The Hall–Kier alpha value is -3.26. The number of imide groups is 1. The molecule has 8 nitrogen and oxygen atoms in total. The maximum atomic E-state index is 12.9. The summed E-state index contributed by atoms with van der Waals surface area (Å²) in [5.41, 5.74) is 2.65. The smallest absolute Gasteiger partial charge is 0.255 e. The number of carbonyl (C=O) groups is 3. The second-order valence-electron chi connectivity index (χ2n) is 9.78. The molecule has 1 saturated carbocycles. The maximum Gasteiger partial charge on any atom is 0.255 e. The molecule has 0 bridgehead atoms. The first-order valence-electron chi connectivity index (χ1n) is 12.2. The fraction of sp³-hybridized carbons (Fsp3) is 0.462. The lowest BCUT2D eigenvalue weighted by molar-refractivity contribution is -0.136. The minimum Gasteiger partial charge on any atom is -0.489 e. The van der Waals surface area contributed by atoms with Crippen molar-refractivity contribution in [3.63, 3.8) is 0 Å². The summed E-state index contributed by atoms with van der Waals surface area (Å²) in [4.78, 5) is 45.3.